The highest BCUT2D eigenvalue weighted by molar-refractivity contribution is 7.92. The van der Waals surface area contributed by atoms with Gasteiger partial charge in [-0.25, -0.2) is 13.4 Å². The number of benzene rings is 3. The van der Waals surface area contributed by atoms with Gasteiger partial charge in [0.05, 0.1) is 23.5 Å². The van der Waals surface area contributed by atoms with Crippen molar-refractivity contribution in [3.05, 3.63) is 109 Å². The summed E-state index contributed by atoms with van der Waals surface area (Å²) >= 11 is 0. The summed E-state index contributed by atoms with van der Waals surface area (Å²) in [6.45, 7) is 0.149. The van der Waals surface area contributed by atoms with Crippen LogP contribution >= 0.6 is 0 Å². The fourth-order valence-electron chi connectivity index (χ4n) is 3.25. The molecule has 1 aromatic heterocycles. The Morgan fingerprint density at radius 2 is 1.66 bits per heavy atom. The number of sulfonamides is 1. The summed E-state index contributed by atoms with van der Waals surface area (Å²) in [5.41, 5.74) is 2.03. The summed E-state index contributed by atoms with van der Waals surface area (Å²) in [6.07, 6.45) is 3.15. The minimum Gasteiger partial charge on any atom is -0.340 e. The molecule has 8 heteroatoms. The average Bonchev–Trinajstić information content (AvgIpc) is 3.25. The van der Waals surface area contributed by atoms with Gasteiger partial charge >= 0.3 is 0 Å². The van der Waals surface area contributed by atoms with Crippen molar-refractivity contribution in [3.63, 3.8) is 0 Å². The Kier molecular flexibility index (Phi) is 6.04. The lowest BCUT2D eigenvalue weighted by Crippen LogP contribution is -2.30. The molecule has 32 heavy (non-hydrogen) atoms. The maximum Gasteiger partial charge on any atom is 0.275 e. The van der Waals surface area contributed by atoms with Gasteiger partial charge in [-0.1, -0.05) is 54.6 Å². The molecule has 0 aliphatic rings. The Labute approximate surface area is 187 Å². The smallest absolute Gasteiger partial charge is 0.275 e. The molecule has 3 aromatic carbocycles. The molecular formula is C24H22N4O3S. The Bertz CT molecular complexity index is 1320. The first-order valence-electron chi connectivity index (χ1n) is 9.94. The maximum absolute atomic E-state index is 13.5. The maximum atomic E-state index is 13.5. The molecule has 162 valence electrons. The van der Waals surface area contributed by atoms with Gasteiger partial charge in [0.1, 0.15) is 5.69 Å². The molecule has 0 spiro atoms. The largest absolute Gasteiger partial charge is 0.340 e. The number of anilines is 2. The number of carbonyl (C=O) groups excluding carboxylic acids is 1. The molecule has 7 nitrogen and oxygen atoms in total. The Balaban J connectivity index is 1.69. The second-order valence-electron chi connectivity index (χ2n) is 7.24. The molecule has 4 aromatic rings. The zero-order chi connectivity index (χ0) is 22.6. The molecule has 0 aliphatic heterocycles. The quantitative estimate of drug-likeness (QED) is 0.464. The van der Waals surface area contributed by atoms with Crippen LogP contribution in [0.2, 0.25) is 0 Å². The van der Waals surface area contributed by atoms with Crippen molar-refractivity contribution in [2.75, 3.05) is 9.62 Å². The number of amides is 1. The molecule has 0 radical (unpaired) electrons. The Hall–Kier alpha value is -3.91. The van der Waals surface area contributed by atoms with Crippen LogP contribution in [0.15, 0.2) is 102 Å². The van der Waals surface area contributed by atoms with Crippen LogP contribution in [0.4, 0.5) is 11.4 Å². The number of aromatic nitrogens is 2. The van der Waals surface area contributed by atoms with E-state index >= 15 is 0 Å². The highest BCUT2D eigenvalue weighted by Gasteiger charge is 2.25. The molecule has 0 fully saturated rings. The standard InChI is InChI=1S/C24H22N4O3S/c1-27-17-23(25-18-27)24(29)26-20-11-8-12-21(15-20)28(16-19-9-4-2-5-10-19)32(30,31)22-13-6-3-7-14-22/h2-15,17-18H,16H2,1H3,(H,26,29). The van der Waals surface area contributed by atoms with Gasteiger partial charge in [-0.05, 0) is 35.9 Å². The van der Waals surface area contributed by atoms with E-state index in [1.54, 1.807) is 78.7 Å². The Morgan fingerprint density at radius 3 is 2.31 bits per heavy atom. The van der Waals surface area contributed by atoms with Crippen LogP contribution in [0.3, 0.4) is 0 Å². The molecule has 0 aliphatic carbocycles. The second kappa shape index (κ2) is 9.07. The molecule has 0 atom stereocenters. The number of hydrogen-bond donors (Lipinski definition) is 1. The van der Waals surface area contributed by atoms with Gasteiger partial charge in [0.2, 0.25) is 0 Å². The summed E-state index contributed by atoms with van der Waals surface area (Å²) in [5.74, 6) is -0.372. The van der Waals surface area contributed by atoms with Gasteiger partial charge in [-0.2, -0.15) is 0 Å². The van der Waals surface area contributed by atoms with E-state index in [-0.39, 0.29) is 23.0 Å². The minimum absolute atomic E-state index is 0.149. The fourth-order valence-corrected chi connectivity index (χ4v) is 4.71. The van der Waals surface area contributed by atoms with Gasteiger partial charge in [0, 0.05) is 18.9 Å². The van der Waals surface area contributed by atoms with E-state index in [1.807, 2.05) is 30.3 Å². The lowest BCUT2D eigenvalue weighted by molar-refractivity contribution is 0.102. The predicted octanol–water partition coefficient (Wildman–Crippen LogP) is 4.07. The lowest BCUT2D eigenvalue weighted by atomic mass is 10.2. The van der Waals surface area contributed by atoms with Crippen LogP contribution < -0.4 is 9.62 Å². The third-order valence-electron chi connectivity index (χ3n) is 4.83. The van der Waals surface area contributed by atoms with Crippen molar-refractivity contribution < 1.29 is 13.2 Å². The van der Waals surface area contributed by atoms with Crippen LogP contribution in [0.5, 0.6) is 0 Å². The normalized spacial score (nSPS) is 11.2. The summed E-state index contributed by atoms with van der Waals surface area (Å²) in [6, 6.07) is 24.4. The van der Waals surface area contributed by atoms with E-state index in [1.165, 1.54) is 4.31 Å². The van der Waals surface area contributed by atoms with Crippen molar-refractivity contribution in [1.82, 2.24) is 9.55 Å². The molecule has 0 unspecified atom stereocenters. The zero-order valence-corrected chi connectivity index (χ0v) is 18.2. The molecule has 1 amide bonds. The van der Waals surface area contributed by atoms with E-state index in [0.29, 0.717) is 11.4 Å². The van der Waals surface area contributed by atoms with Gasteiger partial charge in [-0.3, -0.25) is 9.10 Å². The second-order valence-corrected chi connectivity index (χ2v) is 9.10. The molecule has 0 saturated heterocycles. The SMILES string of the molecule is Cn1cnc(C(=O)Nc2cccc(N(Cc3ccccc3)S(=O)(=O)c3ccccc3)c2)c1. The number of nitrogens with one attached hydrogen (secondary N) is 1. The van der Waals surface area contributed by atoms with E-state index < -0.39 is 10.0 Å². The minimum atomic E-state index is -3.84. The van der Waals surface area contributed by atoms with Crippen molar-refractivity contribution in [2.24, 2.45) is 7.05 Å². The Morgan fingerprint density at radius 1 is 0.969 bits per heavy atom. The first-order chi connectivity index (χ1) is 15.4. The first-order valence-corrected chi connectivity index (χ1v) is 11.4. The summed E-state index contributed by atoms with van der Waals surface area (Å²) in [5, 5.41) is 2.79. The van der Waals surface area contributed by atoms with Crippen molar-refractivity contribution in [1.29, 1.82) is 0 Å². The molecule has 1 N–H and O–H groups in total. The van der Waals surface area contributed by atoms with Gasteiger partial charge < -0.3 is 9.88 Å². The number of aryl methyl sites for hydroxylation is 1. The monoisotopic (exact) mass is 446 g/mol. The fraction of sp³-hybridized carbons (Fsp3) is 0.0833. The number of nitrogens with zero attached hydrogens (tertiary/aromatic N) is 3. The van der Waals surface area contributed by atoms with E-state index in [4.69, 9.17) is 0 Å². The number of carbonyl (C=O) groups is 1. The van der Waals surface area contributed by atoms with Crippen LogP contribution in [0, 0.1) is 0 Å². The molecule has 0 saturated carbocycles. The average molecular weight is 447 g/mol. The van der Waals surface area contributed by atoms with Crippen LogP contribution in [-0.4, -0.2) is 23.9 Å². The summed E-state index contributed by atoms with van der Waals surface area (Å²) < 4.78 is 30.1. The molecule has 0 bridgehead atoms. The highest BCUT2D eigenvalue weighted by atomic mass is 32.2. The number of rotatable bonds is 7. The predicted molar refractivity (Wildman–Crippen MR) is 124 cm³/mol. The van der Waals surface area contributed by atoms with E-state index in [9.17, 15) is 13.2 Å². The van der Waals surface area contributed by atoms with Gasteiger partial charge in [-0.15, -0.1) is 0 Å². The van der Waals surface area contributed by atoms with Crippen molar-refractivity contribution in [3.8, 4) is 0 Å². The van der Waals surface area contributed by atoms with Gasteiger partial charge in [0.25, 0.3) is 15.9 Å². The molecule has 1 heterocycles. The third-order valence-corrected chi connectivity index (χ3v) is 6.62. The first kappa shape index (κ1) is 21.3. The molecular weight excluding hydrogens is 424 g/mol. The lowest BCUT2D eigenvalue weighted by Gasteiger charge is -2.25. The number of hydrogen-bond acceptors (Lipinski definition) is 4. The topological polar surface area (TPSA) is 84.3 Å². The third kappa shape index (κ3) is 4.70. The highest BCUT2D eigenvalue weighted by Crippen LogP contribution is 2.28. The van der Waals surface area contributed by atoms with Crippen molar-refractivity contribution in [2.45, 2.75) is 11.4 Å². The van der Waals surface area contributed by atoms with E-state index in [0.717, 1.165) is 5.56 Å². The van der Waals surface area contributed by atoms with Crippen LogP contribution in [-0.2, 0) is 23.6 Å². The zero-order valence-electron chi connectivity index (χ0n) is 17.4. The van der Waals surface area contributed by atoms with Gasteiger partial charge in [0.15, 0.2) is 0 Å². The van der Waals surface area contributed by atoms with Crippen molar-refractivity contribution >= 4 is 27.3 Å². The molecule has 4 rings (SSSR count). The van der Waals surface area contributed by atoms with Crippen LogP contribution in [0.1, 0.15) is 16.1 Å². The summed E-state index contributed by atoms with van der Waals surface area (Å²) in [4.78, 5) is 16.7. The van der Waals surface area contributed by atoms with Crippen LogP contribution in [0.25, 0.3) is 0 Å². The van der Waals surface area contributed by atoms with E-state index in [2.05, 4.69) is 10.3 Å². The summed E-state index contributed by atoms with van der Waals surface area (Å²) in [7, 11) is -2.06. The number of imidazole rings is 1.